The molecule has 43 heavy (non-hydrogen) atoms. The van der Waals surface area contributed by atoms with Crippen LogP contribution in [0.15, 0.2) is 72.3 Å². The van der Waals surface area contributed by atoms with E-state index in [2.05, 4.69) is 4.90 Å². The Morgan fingerprint density at radius 3 is 2.35 bits per heavy atom. The first-order chi connectivity index (χ1) is 20.9. The number of aliphatic hydroxyl groups excluding tert-OH is 1. The number of nitrogens with zero attached hydrogens (tertiary/aromatic N) is 2. The van der Waals surface area contributed by atoms with Crippen LogP contribution in [0.4, 0.5) is 0 Å². The van der Waals surface area contributed by atoms with E-state index in [9.17, 15) is 14.7 Å². The average molecular weight is 587 g/mol. The smallest absolute Gasteiger partial charge is 0.295 e. The lowest BCUT2D eigenvalue weighted by Gasteiger charge is -2.29. The number of ketones is 1. The third-order valence-corrected chi connectivity index (χ3v) is 8.02. The van der Waals surface area contributed by atoms with E-state index in [1.165, 1.54) is 7.11 Å². The maximum atomic E-state index is 13.5. The van der Waals surface area contributed by atoms with E-state index in [1.807, 2.05) is 31.2 Å². The van der Waals surface area contributed by atoms with Crippen LogP contribution in [-0.2, 0) is 20.9 Å². The standard InChI is InChI=1S/C34H38N2O7/c1-23-7-4-5-8-26(23)22-43-27-12-9-24(10-13-27)32(37)30-31(25-11-14-28(40-2)29(21-25)41-3)36(34(39)33(30)38)16-6-15-35-17-19-42-20-18-35/h4-5,7-14,21,31,37H,6,15-20,22H2,1-3H3/b32-30+. The van der Waals surface area contributed by atoms with Crippen LogP contribution >= 0.6 is 0 Å². The molecule has 2 aliphatic rings. The lowest BCUT2D eigenvalue weighted by molar-refractivity contribution is -0.140. The number of hydrogen-bond acceptors (Lipinski definition) is 8. The van der Waals surface area contributed by atoms with E-state index in [4.69, 9.17) is 18.9 Å². The normalized spacial score (nSPS) is 18.6. The number of carbonyl (C=O) groups is 2. The summed E-state index contributed by atoms with van der Waals surface area (Å²) < 4.78 is 22.3. The van der Waals surface area contributed by atoms with Crippen molar-refractivity contribution in [3.8, 4) is 17.2 Å². The monoisotopic (exact) mass is 586 g/mol. The van der Waals surface area contributed by atoms with Crippen molar-refractivity contribution < 1.29 is 33.6 Å². The van der Waals surface area contributed by atoms with Crippen LogP contribution in [0.3, 0.4) is 0 Å². The molecule has 2 aliphatic heterocycles. The first-order valence-electron chi connectivity index (χ1n) is 14.5. The van der Waals surface area contributed by atoms with Gasteiger partial charge in [-0.15, -0.1) is 0 Å². The number of likely N-dealkylation sites (tertiary alicyclic amines) is 1. The molecule has 5 rings (SSSR count). The van der Waals surface area contributed by atoms with Gasteiger partial charge in [0.05, 0.1) is 39.0 Å². The second-order valence-electron chi connectivity index (χ2n) is 10.7. The third-order valence-electron chi connectivity index (χ3n) is 8.02. The predicted octanol–water partition coefficient (Wildman–Crippen LogP) is 4.74. The van der Waals surface area contributed by atoms with Crippen LogP contribution in [0, 0.1) is 6.92 Å². The fraction of sp³-hybridized carbons (Fsp3) is 0.353. The number of carbonyl (C=O) groups excluding carboxylic acids is 2. The molecular weight excluding hydrogens is 548 g/mol. The van der Waals surface area contributed by atoms with E-state index in [-0.39, 0.29) is 11.3 Å². The van der Waals surface area contributed by atoms with Crippen molar-refractivity contribution in [3.05, 3.63) is 94.6 Å². The number of rotatable bonds is 11. The van der Waals surface area contributed by atoms with Crippen molar-refractivity contribution in [2.24, 2.45) is 0 Å². The molecule has 2 heterocycles. The Morgan fingerprint density at radius 1 is 0.930 bits per heavy atom. The van der Waals surface area contributed by atoms with E-state index in [1.54, 1.807) is 54.5 Å². The Hall–Kier alpha value is -4.34. The van der Waals surface area contributed by atoms with Crippen molar-refractivity contribution in [2.75, 3.05) is 53.6 Å². The molecular formula is C34H38N2O7. The molecule has 2 saturated heterocycles. The molecule has 3 aromatic rings. The van der Waals surface area contributed by atoms with Gasteiger partial charge in [0.25, 0.3) is 11.7 Å². The maximum Gasteiger partial charge on any atom is 0.295 e. The highest BCUT2D eigenvalue weighted by atomic mass is 16.5. The van der Waals surface area contributed by atoms with Crippen LogP contribution in [-0.4, -0.2) is 80.2 Å². The van der Waals surface area contributed by atoms with Gasteiger partial charge in [0.2, 0.25) is 0 Å². The lowest BCUT2D eigenvalue weighted by atomic mass is 9.95. The minimum absolute atomic E-state index is 0.0390. The molecule has 1 amide bonds. The number of hydrogen-bond donors (Lipinski definition) is 1. The third kappa shape index (κ3) is 6.68. The predicted molar refractivity (Wildman–Crippen MR) is 162 cm³/mol. The molecule has 0 radical (unpaired) electrons. The average Bonchev–Trinajstić information content (AvgIpc) is 3.29. The topological polar surface area (TPSA) is 97.8 Å². The number of Topliss-reactive ketones (excluding diaryl/α,β-unsaturated/α-hetero) is 1. The highest BCUT2D eigenvalue weighted by Crippen LogP contribution is 2.42. The van der Waals surface area contributed by atoms with Crippen LogP contribution < -0.4 is 14.2 Å². The summed E-state index contributed by atoms with van der Waals surface area (Å²) >= 11 is 0. The summed E-state index contributed by atoms with van der Waals surface area (Å²) in [6, 6.07) is 19.4. The fourth-order valence-corrected chi connectivity index (χ4v) is 5.57. The van der Waals surface area contributed by atoms with Crippen LogP contribution in [0.2, 0.25) is 0 Å². The van der Waals surface area contributed by atoms with E-state index in [0.717, 1.165) is 30.8 Å². The van der Waals surface area contributed by atoms with Crippen molar-refractivity contribution in [1.82, 2.24) is 9.80 Å². The highest BCUT2D eigenvalue weighted by molar-refractivity contribution is 6.46. The van der Waals surface area contributed by atoms with Gasteiger partial charge in [-0.05, 0) is 66.4 Å². The molecule has 1 unspecified atom stereocenters. The number of aliphatic hydroxyl groups is 1. The quantitative estimate of drug-likeness (QED) is 0.196. The summed E-state index contributed by atoms with van der Waals surface area (Å²) in [7, 11) is 3.08. The van der Waals surface area contributed by atoms with Crippen LogP contribution in [0.5, 0.6) is 17.2 Å². The maximum absolute atomic E-state index is 13.5. The zero-order valence-corrected chi connectivity index (χ0v) is 24.9. The van der Waals surface area contributed by atoms with E-state index >= 15 is 0 Å². The van der Waals surface area contributed by atoms with Crippen LogP contribution in [0.25, 0.3) is 5.76 Å². The summed E-state index contributed by atoms with van der Waals surface area (Å²) in [5.74, 6) is 0.0231. The number of methoxy groups -OCH3 is 2. The second-order valence-corrected chi connectivity index (χ2v) is 10.7. The summed E-state index contributed by atoms with van der Waals surface area (Å²) in [6.45, 7) is 6.61. The molecule has 1 atom stereocenters. The Morgan fingerprint density at radius 2 is 1.65 bits per heavy atom. The zero-order valence-electron chi connectivity index (χ0n) is 24.9. The van der Waals surface area contributed by atoms with E-state index in [0.29, 0.717) is 61.2 Å². The first kappa shape index (κ1) is 30.1. The molecule has 0 spiro atoms. The number of amides is 1. The summed E-state index contributed by atoms with van der Waals surface area (Å²) in [5, 5.41) is 11.5. The van der Waals surface area contributed by atoms with E-state index < -0.39 is 17.7 Å². The molecule has 9 nitrogen and oxygen atoms in total. The second kappa shape index (κ2) is 13.8. The summed E-state index contributed by atoms with van der Waals surface area (Å²) in [6.07, 6.45) is 0.670. The summed E-state index contributed by atoms with van der Waals surface area (Å²) in [5.41, 5.74) is 3.32. The summed E-state index contributed by atoms with van der Waals surface area (Å²) in [4.78, 5) is 30.8. The van der Waals surface area contributed by atoms with Gasteiger partial charge in [-0.2, -0.15) is 0 Å². The number of benzene rings is 3. The van der Waals surface area contributed by atoms with Crippen LogP contribution in [0.1, 0.15) is 34.7 Å². The van der Waals surface area contributed by atoms with Gasteiger partial charge in [0, 0.05) is 31.7 Å². The highest BCUT2D eigenvalue weighted by Gasteiger charge is 2.46. The van der Waals surface area contributed by atoms with Gasteiger partial charge in [0.15, 0.2) is 11.5 Å². The Balaban J connectivity index is 1.43. The minimum Gasteiger partial charge on any atom is -0.507 e. The number of ether oxygens (including phenoxy) is 4. The number of aryl methyl sites for hydroxylation is 1. The molecule has 0 bridgehead atoms. The largest absolute Gasteiger partial charge is 0.507 e. The fourth-order valence-electron chi connectivity index (χ4n) is 5.57. The molecule has 226 valence electrons. The number of morpholine rings is 1. The van der Waals surface area contributed by atoms with Crippen molar-refractivity contribution >= 4 is 17.4 Å². The molecule has 3 aromatic carbocycles. The van der Waals surface area contributed by atoms with Gasteiger partial charge in [0.1, 0.15) is 18.1 Å². The van der Waals surface area contributed by atoms with Gasteiger partial charge in [-0.3, -0.25) is 14.5 Å². The SMILES string of the molecule is COc1ccc(C2/C(=C(\O)c3ccc(OCc4ccccc4C)cc3)C(=O)C(=O)N2CCCN2CCOCC2)cc1OC. The van der Waals surface area contributed by atoms with Crippen molar-refractivity contribution in [1.29, 1.82) is 0 Å². The van der Waals surface area contributed by atoms with Gasteiger partial charge in [-0.25, -0.2) is 0 Å². The Kier molecular flexibility index (Phi) is 9.64. The molecule has 0 saturated carbocycles. The molecule has 0 aliphatic carbocycles. The van der Waals surface area contributed by atoms with Gasteiger partial charge < -0.3 is 29.0 Å². The zero-order chi connectivity index (χ0) is 30.3. The van der Waals surface area contributed by atoms with Crippen molar-refractivity contribution in [2.45, 2.75) is 26.0 Å². The first-order valence-corrected chi connectivity index (χ1v) is 14.5. The van der Waals surface area contributed by atoms with Gasteiger partial charge >= 0.3 is 0 Å². The Bertz CT molecular complexity index is 1480. The molecule has 0 aromatic heterocycles. The molecule has 2 fully saturated rings. The lowest BCUT2D eigenvalue weighted by Crippen LogP contribution is -2.38. The molecule has 9 heteroatoms. The Labute approximate surface area is 252 Å². The van der Waals surface area contributed by atoms with Gasteiger partial charge in [-0.1, -0.05) is 30.3 Å². The molecule has 1 N–H and O–H groups in total. The minimum atomic E-state index is -0.790. The van der Waals surface area contributed by atoms with Crippen molar-refractivity contribution in [3.63, 3.8) is 0 Å².